The Hall–Kier alpha value is -2.77. The van der Waals surface area contributed by atoms with Gasteiger partial charge in [0.1, 0.15) is 0 Å². The Labute approximate surface area is 199 Å². The molecule has 2 fully saturated rings. The Morgan fingerprint density at radius 2 is 1.53 bits per heavy atom. The number of hydrogen-bond donors (Lipinski definition) is 0. The van der Waals surface area contributed by atoms with Crippen LogP contribution in [0.25, 0.3) is 0 Å². The number of carbonyl (C=O) groups excluding carboxylic acids is 5. The molecule has 1 spiro atoms. The minimum atomic E-state index is -1.24. The predicted octanol–water partition coefficient (Wildman–Crippen LogP) is 2.88. The van der Waals surface area contributed by atoms with Gasteiger partial charge in [-0.2, -0.15) is 0 Å². The highest BCUT2D eigenvalue weighted by molar-refractivity contribution is 6.20. The van der Waals surface area contributed by atoms with Gasteiger partial charge in [-0.3, -0.25) is 24.0 Å². The van der Waals surface area contributed by atoms with Gasteiger partial charge in [0.15, 0.2) is 24.1 Å². The van der Waals surface area contributed by atoms with Crippen molar-refractivity contribution in [2.24, 2.45) is 28.6 Å². The summed E-state index contributed by atoms with van der Waals surface area (Å²) in [4.78, 5) is 64.5. The van der Waals surface area contributed by atoms with Gasteiger partial charge in [0, 0.05) is 43.3 Å². The maximum atomic E-state index is 14.1. The minimum Gasteiger partial charge on any atom is -0.458 e. The molecule has 0 saturated heterocycles. The summed E-state index contributed by atoms with van der Waals surface area (Å²) in [5.74, 6) is -3.35. The molecule has 0 bridgehead atoms. The molecule has 0 amide bonds. The third-order valence-electron chi connectivity index (χ3n) is 8.43. The van der Waals surface area contributed by atoms with Crippen molar-refractivity contribution in [1.29, 1.82) is 0 Å². The van der Waals surface area contributed by atoms with E-state index < -0.39 is 58.8 Å². The number of esters is 3. The van der Waals surface area contributed by atoms with Gasteiger partial charge >= 0.3 is 17.9 Å². The Morgan fingerprint density at radius 1 is 0.971 bits per heavy atom. The topological polar surface area (TPSA) is 113 Å². The molecule has 4 aliphatic rings. The predicted molar refractivity (Wildman–Crippen MR) is 119 cm³/mol. The first-order valence-corrected chi connectivity index (χ1v) is 11.8. The molecule has 0 N–H and O–H groups in total. The van der Waals surface area contributed by atoms with Crippen LogP contribution in [-0.2, 0) is 38.2 Å². The highest BCUT2D eigenvalue weighted by Gasteiger charge is 2.73. The lowest BCUT2D eigenvalue weighted by molar-refractivity contribution is -0.176. The molecular weight excluding hydrogens is 440 g/mol. The summed E-state index contributed by atoms with van der Waals surface area (Å²) in [6, 6.07) is 0. The highest BCUT2D eigenvalue weighted by atomic mass is 16.6. The first-order valence-electron chi connectivity index (χ1n) is 11.8. The fourth-order valence-electron chi connectivity index (χ4n) is 6.69. The molecule has 0 aromatic rings. The minimum absolute atomic E-state index is 0.0738. The van der Waals surface area contributed by atoms with E-state index in [-0.39, 0.29) is 28.8 Å². The lowest BCUT2D eigenvalue weighted by Gasteiger charge is -2.55. The number of hydrogen-bond acceptors (Lipinski definition) is 8. The second-order valence-corrected chi connectivity index (χ2v) is 10.6. The lowest BCUT2D eigenvalue weighted by Crippen LogP contribution is -2.62. The maximum absolute atomic E-state index is 14.1. The van der Waals surface area contributed by atoms with Gasteiger partial charge < -0.3 is 14.2 Å². The maximum Gasteiger partial charge on any atom is 0.303 e. The van der Waals surface area contributed by atoms with Gasteiger partial charge in [-0.1, -0.05) is 32.9 Å². The molecule has 0 aromatic carbocycles. The number of Topliss-reactive ketones (excluding diaryl/α,β-unsaturated/α-hetero) is 2. The molecular formula is C26H32O8. The Bertz CT molecular complexity index is 1050. The largest absolute Gasteiger partial charge is 0.458 e. The van der Waals surface area contributed by atoms with E-state index in [1.165, 1.54) is 20.8 Å². The van der Waals surface area contributed by atoms with Crippen LogP contribution < -0.4 is 0 Å². The van der Waals surface area contributed by atoms with E-state index in [1.807, 2.05) is 20.8 Å². The van der Waals surface area contributed by atoms with Crippen LogP contribution >= 0.6 is 0 Å². The highest BCUT2D eigenvalue weighted by Crippen LogP contribution is 2.66. The molecule has 2 saturated carbocycles. The van der Waals surface area contributed by atoms with Crippen molar-refractivity contribution in [2.45, 2.75) is 79.1 Å². The number of ketones is 2. The average molecular weight is 473 g/mol. The monoisotopic (exact) mass is 472 g/mol. The summed E-state index contributed by atoms with van der Waals surface area (Å²) in [6.07, 6.45) is -1.82. The smallest absolute Gasteiger partial charge is 0.303 e. The third-order valence-corrected chi connectivity index (χ3v) is 8.43. The van der Waals surface area contributed by atoms with E-state index in [2.05, 4.69) is 6.58 Å². The zero-order valence-electron chi connectivity index (χ0n) is 20.6. The summed E-state index contributed by atoms with van der Waals surface area (Å²) < 4.78 is 16.9. The van der Waals surface area contributed by atoms with Crippen molar-refractivity contribution in [3.8, 4) is 0 Å². The van der Waals surface area contributed by atoms with E-state index in [9.17, 15) is 24.0 Å². The van der Waals surface area contributed by atoms with Gasteiger partial charge in [0.05, 0.1) is 5.41 Å². The van der Waals surface area contributed by atoms with Crippen molar-refractivity contribution < 1.29 is 38.2 Å². The second kappa shape index (κ2) is 7.89. The van der Waals surface area contributed by atoms with Crippen LogP contribution in [0.15, 0.2) is 23.3 Å². The first-order chi connectivity index (χ1) is 15.8. The van der Waals surface area contributed by atoms with Gasteiger partial charge in [-0.25, -0.2) is 0 Å². The normalized spacial score (nSPS) is 40.9. The van der Waals surface area contributed by atoms with Crippen molar-refractivity contribution in [3.63, 3.8) is 0 Å². The molecule has 0 aromatic heterocycles. The van der Waals surface area contributed by atoms with Crippen molar-refractivity contribution >= 4 is 29.5 Å². The van der Waals surface area contributed by atoms with Crippen LogP contribution in [0.2, 0.25) is 0 Å². The van der Waals surface area contributed by atoms with Crippen molar-refractivity contribution in [1.82, 2.24) is 0 Å². The van der Waals surface area contributed by atoms with Crippen LogP contribution in [0.5, 0.6) is 0 Å². The summed E-state index contributed by atoms with van der Waals surface area (Å²) in [5, 5.41) is 0. The Morgan fingerprint density at radius 3 is 2.03 bits per heavy atom. The number of carbonyl (C=O) groups is 5. The fourth-order valence-corrected chi connectivity index (χ4v) is 6.69. The SMILES string of the molecule is C=C1[C@@H]2[C@H](OC(C)=O)[C@@H](OC(C)=O)C3=C(C(=O)[C@H](OC(C)=O)[C@@]4(C[C@@H]4C)C3=O)[C@@]2(C)CC[C@@H]1C. The van der Waals surface area contributed by atoms with Gasteiger partial charge in [0.25, 0.3) is 0 Å². The van der Waals surface area contributed by atoms with Crippen LogP contribution in [0.3, 0.4) is 0 Å². The van der Waals surface area contributed by atoms with Crippen LogP contribution in [0, 0.1) is 28.6 Å². The zero-order chi connectivity index (χ0) is 25.3. The van der Waals surface area contributed by atoms with E-state index in [0.29, 0.717) is 12.8 Å². The molecule has 8 heteroatoms. The van der Waals surface area contributed by atoms with Crippen LogP contribution in [0.1, 0.15) is 60.8 Å². The molecule has 4 aliphatic carbocycles. The average Bonchev–Trinajstić information content (AvgIpc) is 3.39. The standard InChI is InChI=1S/C26H32O8/c1-11-8-9-25(7)18(13(11)3)22(33-15(5)28)21(32-14(4)27)17-19(25)20(30)24(34-16(6)29)26(23(17)31)10-12(26)2/h11-12,18,21-22,24H,3,8-10H2,1-2,4-7H3/t11-,12-,18+,21-,22-,24-,25-,26+/m0/s1. The van der Waals surface area contributed by atoms with Crippen LogP contribution in [-0.4, -0.2) is 47.8 Å². The number of fused-ring (bicyclic) bond motifs is 2. The van der Waals surface area contributed by atoms with E-state index in [0.717, 1.165) is 12.0 Å². The van der Waals surface area contributed by atoms with Gasteiger partial charge in [-0.15, -0.1) is 0 Å². The number of ether oxygens (including phenoxy) is 3. The summed E-state index contributed by atoms with van der Waals surface area (Å²) in [6.45, 7) is 13.7. The summed E-state index contributed by atoms with van der Waals surface area (Å²) in [5.41, 5.74) is -1.02. The zero-order valence-corrected chi connectivity index (χ0v) is 20.6. The molecule has 0 radical (unpaired) electrons. The lowest BCUT2D eigenvalue weighted by atomic mass is 9.50. The fraction of sp³-hybridized carbons (Fsp3) is 0.654. The molecule has 0 aliphatic heterocycles. The van der Waals surface area contributed by atoms with E-state index in [4.69, 9.17) is 14.2 Å². The van der Waals surface area contributed by atoms with Gasteiger partial charge in [0.2, 0.25) is 5.78 Å². The quantitative estimate of drug-likeness (QED) is 0.350. The number of rotatable bonds is 3. The molecule has 184 valence electrons. The van der Waals surface area contributed by atoms with Gasteiger partial charge in [-0.05, 0) is 31.1 Å². The van der Waals surface area contributed by atoms with E-state index >= 15 is 0 Å². The van der Waals surface area contributed by atoms with E-state index in [1.54, 1.807) is 0 Å². The molecule has 8 nitrogen and oxygen atoms in total. The molecule has 8 atom stereocenters. The third kappa shape index (κ3) is 3.28. The summed E-state index contributed by atoms with van der Waals surface area (Å²) >= 11 is 0. The summed E-state index contributed by atoms with van der Waals surface area (Å²) in [7, 11) is 0. The van der Waals surface area contributed by atoms with Crippen molar-refractivity contribution in [2.75, 3.05) is 0 Å². The molecule has 4 rings (SSSR count). The van der Waals surface area contributed by atoms with Crippen molar-refractivity contribution in [3.05, 3.63) is 23.3 Å². The van der Waals surface area contributed by atoms with Crippen LogP contribution in [0.4, 0.5) is 0 Å². The first kappa shape index (κ1) is 24.4. The molecule has 0 heterocycles. The Kier molecular flexibility index (Phi) is 5.65. The Balaban J connectivity index is 2.01. The molecule has 0 unspecified atom stereocenters. The molecule has 34 heavy (non-hydrogen) atoms. The second-order valence-electron chi connectivity index (χ2n) is 10.6.